The van der Waals surface area contributed by atoms with Gasteiger partial charge in [0.05, 0.1) is 48.1 Å². The first kappa shape index (κ1) is 109. The number of nitrogens with zero attached hydrogens (tertiary/aromatic N) is 3. The summed E-state index contributed by atoms with van der Waals surface area (Å²) in [5.41, 5.74) is 16.5. The van der Waals surface area contributed by atoms with Crippen LogP contribution < -0.4 is 10.2 Å². The number of rotatable bonds is 8. The van der Waals surface area contributed by atoms with Gasteiger partial charge in [-0.05, 0) is 154 Å². The summed E-state index contributed by atoms with van der Waals surface area (Å²) in [4.78, 5) is 46.0. The van der Waals surface area contributed by atoms with Crippen LogP contribution in [0.25, 0.3) is 44.8 Å². The van der Waals surface area contributed by atoms with Gasteiger partial charge in [0.15, 0.2) is 21.3 Å². The van der Waals surface area contributed by atoms with Crippen LogP contribution in [0.2, 0.25) is 0 Å². The van der Waals surface area contributed by atoms with Gasteiger partial charge in [-0.15, -0.1) is 5.56 Å². The van der Waals surface area contributed by atoms with Gasteiger partial charge in [-0.25, -0.2) is 0 Å². The van der Waals surface area contributed by atoms with Crippen LogP contribution in [0.1, 0.15) is 107 Å². The summed E-state index contributed by atoms with van der Waals surface area (Å²) in [6, 6.07) is 71.2. The van der Waals surface area contributed by atoms with E-state index in [1.54, 1.807) is 14.2 Å². The summed E-state index contributed by atoms with van der Waals surface area (Å²) in [5.74, 6) is 1.12. The van der Waals surface area contributed by atoms with Crippen molar-refractivity contribution in [3.63, 3.8) is 0 Å². The molecule has 2 aliphatic heterocycles. The molecule has 575 valence electrons. The number of benzene rings is 8. The van der Waals surface area contributed by atoms with Crippen molar-refractivity contribution < 1.29 is 89.8 Å². The van der Waals surface area contributed by atoms with E-state index in [9.17, 15) is 14.4 Å². The van der Waals surface area contributed by atoms with E-state index in [0.717, 1.165) is 87.5 Å². The monoisotopic (exact) mass is 2370 g/mol. The molecule has 0 atom stereocenters. The number of hydrogen-bond donors (Lipinski definition) is 2. The standard InChI is InChI=1S/C20H20BrNO.C20H20NO.C16H11BrO2.2C7H8.C4H9N.C3Cl4.C3H5I3.C3H6I2.2CH3.BH2O2.2Y/c1-13-5-7-15(8-6-13)18-17(14-9-11-16(21)12-10-14)19(23)20(2,3)22(18)4;1-14-10-12-16(13-11-14)18-17(15-8-6-5-7-9-15)19(22)20(2,3)21(18)4;1-19-13-8-4-11(5-9-13)15-14(16(15)18)10-2-6-12(17)7-3-10;2*1-7-5-3-2-4-6-7;1-4(2)5-3;4-1-2(5)3(1,6)7;1-3(5,6)2-4;1-3(2,4)5;;;2-1-3;;/h5-12H,1-4H3;6-13H,1-4H3;2-9H,1H3;2*2-6H,1H3;1-3H3;;2H2,1H3;1-2H3;2*1H3;2-3H;;/q;-1;;;;;;;;2*-1;;;. The molecule has 23 heteroatoms. The van der Waals surface area contributed by atoms with E-state index in [-0.39, 0.29) is 105 Å². The molecule has 0 saturated heterocycles. The molecule has 0 amide bonds. The molecule has 0 aromatic heterocycles. The minimum absolute atomic E-state index is 0. The van der Waals surface area contributed by atoms with Gasteiger partial charge < -0.3 is 39.4 Å². The second-order valence-corrected chi connectivity index (χ2v) is 44.5. The van der Waals surface area contributed by atoms with E-state index >= 15 is 0 Å². The molecule has 1 aliphatic carbocycles. The fourth-order valence-electron chi connectivity index (χ4n) is 9.18. The molecule has 0 bridgehead atoms. The molecule has 3 radical (unpaired) electrons. The number of Topliss-reactive ketones (excluding diaryl/α,β-unsaturated/α-hetero) is 2. The van der Waals surface area contributed by atoms with Crippen molar-refractivity contribution in [3.05, 3.63) is 301 Å². The Labute approximate surface area is 801 Å². The van der Waals surface area contributed by atoms with Gasteiger partial charge >= 0.3 is 7.69 Å². The van der Waals surface area contributed by atoms with Crippen LogP contribution in [-0.2, 0) is 75.0 Å². The Bertz CT molecular complexity index is 4250. The number of halogens is 11. The number of carbonyl (C=O) groups is 2. The molecule has 2 N–H and O–H groups in total. The number of methoxy groups -OCH3 is 1. The quantitative estimate of drug-likeness (QED) is 0.0508. The minimum atomic E-state index is -1.02. The third kappa shape index (κ3) is 36.5. The molecular weight excluding hydrogens is 2280 g/mol. The van der Waals surface area contributed by atoms with Crippen molar-refractivity contribution in [3.8, 4) is 28.0 Å². The predicted octanol–water partition coefficient (Wildman–Crippen LogP) is 25.9. The zero-order chi connectivity index (χ0) is 78.7. The van der Waals surface area contributed by atoms with Crippen LogP contribution in [0, 0.1) is 48.6 Å². The van der Waals surface area contributed by atoms with Gasteiger partial charge in [-0.3, -0.25) is 19.4 Å². The van der Waals surface area contributed by atoms with Crippen molar-refractivity contribution in [2.75, 3.05) is 32.7 Å². The van der Waals surface area contributed by atoms with Crippen LogP contribution in [0.3, 0.4) is 0 Å². The summed E-state index contributed by atoms with van der Waals surface area (Å²) in [5, 5.41) is 14.7. The first-order valence-corrected chi connectivity index (χ1v) is 41.4. The summed E-state index contributed by atoms with van der Waals surface area (Å²) < 4.78 is 8.23. The van der Waals surface area contributed by atoms with Crippen molar-refractivity contribution in [1.29, 1.82) is 0 Å². The first-order chi connectivity index (χ1) is 48.5. The zero-order valence-corrected chi connectivity index (χ0v) is 87.3. The molecule has 108 heavy (non-hydrogen) atoms. The third-order valence-electron chi connectivity index (χ3n) is 15.6. The largest absolute Gasteiger partial charge is 0.497 e. The molecule has 3 aliphatic rings. The zero-order valence-electron chi connectivity index (χ0n) is 64.6. The smallest absolute Gasteiger partial charge is 0.482 e. The Hall–Kier alpha value is -1.24. The molecule has 0 fully saturated rings. The number of aryl methyl sites for hydroxylation is 4. The maximum Gasteiger partial charge on any atom is 0.482 e. The minimum Gasteiger partial charge on any atom is -0.497 e. The van der Waals surface area contributed by atoms with E-state index in [2.05, 4.69) is 287 Å². The van der Waals surface area contributed by atoms with Crippen LogP contribution in [0.5, 0.6) is 5.75 Å². The van der Waals surface area contributed by atoms with Gasteiger partial charge in [0.25, 0.3) is 0 Å². The number of aliphatic imine (C=N–C) groups is 1. The van der Waals surface area contributed by atoms with Crippen molar-refractivity contribution in [1.82, 2.24) is 9.80 Å². The molecule has 9 aromatic carbocycles. The summed E-state index contributed by atoms with van der Waals surface area (Å²) in [7, 11) is 7.41. The second kappa shape index (κ2) is 52.5. The van der Waals surface area contributed by atoms with Crippen LogP contribution in [0.15, 0.2) is 235 Å². The Morgan fingerprint density at radius 3 is 1.02 bits per heavy atom. The van der Waals surface area contributed by atoms with Crippen LogP contribution in [0.4, 0.5) is 0 Å². The van der Waals surface area contributed by atoms with Crippen molar-refractivity contribution in [2.45, 2.75) is 108 Å². The Morgan fingerprint density at radius 2 is 0.778 bits per heavy atom. The number of likely N-dealkylation sites (N-methyl/N-ethyl adjacent to an activating group) is 2. The van der Waals surface area contributed by atoms with Gasteiger partial charge in [0.2, 0.25) is 0 Å². The van der Waals surface area contributed by atoms with E-state index in [1.807, 2.05) is 189 Å². The van der Waals surface area contributed by atoms with Crippen molar-refractivity contribution >= 4 is 239 Å². The Morgan fingerprint density at radius 1 is 0.528 bits per heavy atom. The number of ketones is 2. The first-order valence-electron chi connectivity index (χ1n) is 32.5. The molecule has 0 spiro atoms. The number of ether oxygens (including phenoxy) is 1. The van der Waals surface area contributed by atoms with E-state index < -0.39 is 15.4 Å². The molecule has 2 heterocycles. The molecule has 0 saturated carbocycles. The fourth-order valence-corrected chi connectivity index (χ4v) is 10.6. The fraction of sp³-hybridized carbons (Fsp3) is 0.271. The average Bonchev–Trinajstić information content (AvgIpc) is 1.60. The van der Waals surface area contributed by atoms with Crippen LogP contribution >= 0.6 is 191 Å². The number of allylic oxidation sites excluding steroid dienone is 2. The third-order valence-corrected chi connectivity index (χ3v) is 24.0. The summed E-state index contributed by atoms with van der Waals surface area (Å²) in [6.45, 7) is 26.7. The topological polar surface area (TPSA) is 120 Å². The number of hydrogen-bond acceptors (Lipinski definition) is 9. The molecular formula is C85H95BBr2Cl4I5N3O6Y2-3. The van der Waals surface area contributed by atoms with Gasteiger partial charge in [-0.2, -0.15) is 30.3 Å². The summed E-state index contributed by atoms with van der Waals surface area (Å²) >= 11 is 40.2. The number of alkyl halides is 7. The molecule has 9 nitrogen and oxygen atoms in total. The SMILES string of the molecule is CC(C)(I)I.CC(I)(I)CI.CN=C(C)C.COc1ccc(-c2c(-c3ccc(Br)cc3)c2=O)cc1.Cc1ccc(C2=C(c3cc[c-]cc3)C(=O)C(C)(C)N2C)cc1.Cc1ccc(C2=C(c3ccc(Br)cc3)C(=O)C(C)(C)N2C)cc1.Cc1ccccc1.Cc1ccccc1.ClC1=C(Cl)C1(Cl)Cl.O[B]O.[CH3-].[CH3-].[Y].[Y]. The maximum atomic E-state index is 13.1. The second-order valence-electron chi connectivity index (χ2n) is 25.5. The summed E-state index contributed by atoms with van der Waals surface area (Å²) in [6.07, 6.45) is 0. The average molecular weight is 2380 g/mol. The van der Waals surface area contributed by atoms with Crippen LogP contribution in [-0.4, -0.2) is 95.8 Å². The van der Waals surface area contributed by atoms with E-state index in [4.69, 9.17) is 61.2 Å². The normalized spacial score (nSPS) is 13.5. The van der Waals surface area contributed by atoms with Gasteiger partial charge in [0.1, 0.15) is 5.75 Å². The molecule has 0 unspecified atom stereocenters. The Balaban J connectivity index is 0. The number of carbonyl (C=O) groups excluding carboxylic acids is 2. The van der Waals surface area contributed by atoms with E-state index in [0.29, 0.717) is 12.9 Å². The Kier molecular flexibility index (Phi) is 52.8. The molecule has 12 rings (SSSR count). The van der Waals surface area contributed by atoms with Gasteiger partial charge in [0, 0.05) is 122 Å². The van der Waals surface area contributed by atoms with Gasteiger partial charge in [-0.1, -0.05) is 359 Å². The predicted molar refractivity (Wildman–Crippen MR) is 510 cm³/mol. The van der Waals surface area contributed by atoms with E-state index in [1.165, 1.54) is 26.7 Å². The molecule has 9 aromatic rings. The van der Waals surface area contributed by atoms with Crippen molar-refractivity contribution in [2.24, 2.45) is 4.99 Å². The maximum absolute atomic E-state index is 13.1.